The van der Waals surface area contributed by atoms with Crippen molar-refractivity contribution in [2.45, 2.75) is 0 Å². The molecular weight excluding hydrogens is 1030 g/mol. The Bertz CT molecular complexity index is 2570. The number of carbonyl (C=O) groups is 1. The van der Waals surface area contributed by atoms with Crippen molar-refractivity contribution in [3.05, 3.63) is 233 Å². The molecule has 0 spiro atoms. The molecule has 278 valence electrons. The highest BCUT2D eigenvalue weighted by Gasteiger charge is 2.12. The quantitative estimate of drug-likeness (QED) is 0.156. The van der Waals surface area contributed by atoms with Gasteiger partial charge in [0.25, 0.3) is 0 Å². The van der Waals surface area contributed by atoms with Gasteiger partial charge in [0, 0.05) is 33.5 Å². The fourth-order valence-electron chi connectivity index (χ4n) is 5.96. The van der Waals surface area contributed by atoms with E-state index in [1.54, 1.807) is 0 Å². The van der Waals surface area contributed by atoms with Gasteiger partial charge in [-0.2, -0.15) is 5.26 Å². The van der Waals surface area contributed by atoms with Crippen molar-refractivity contribution >= 4 is 85.4 Å². The van der Waals surface area contributed by atoms with Gasteiger partial charge in [0.15, 0.2) is 5.78 Å². The minimum Gasteiger partial charge on any atom is -0.289 e. The lowest BCUT2D eigenvalue weighted by molar-refractivity contribution is 0.103. The van der Waals surface area contributed by atoms with Crippen molar-refractivity contribution in [3.8, 4) is 50.6 Å². The normalized spacial score (nSPS) is 10.2. The zero-order valence-corrected chi connectivity index (χ0v) is 38.2. The van der Waals surface area contributed by atoms with Gasteiger partial charge in [0.2, 0.25) is 0 Å². The van der Waals surface area contributed by atoms with E-state index in [4.69, 9.17) is 5.26 Å². The van der Waals surface area contributed by atoms with Gasteiger partial charge in [-0.3, -0.25) is 4.79 Å². The SMILES string of the molecule is Brc1cccc(-c2cccc(Br)c2)c1.N#Cc1cccc(-c2cccc(Br)c2)c1.O=C(c1cccc(-c2cccc(Br)c2)c1)c1cccc(-c2cccc(Br)c2)c1. The van der Waals surface area contributed by atoms with Crippen LogP contribution in [0.25, 0.3) is 44.5 Å². The van der Waals surface area contributed by atoms with Gasteiger partial charge in [0.05, 0.1) is 11.6 Å². The molecule has 57 heavy (non-hydrogen) atoms. The van der Waals surface area contributed by atoms with Crippen LogP contribution in [0.5, 0.6) is 0 Å². The third-order valence-corrected chi connectivity index (χ3v) is 11.2. The first-order chi connectivity index (χ1) is 27.6. The smallest absolute Gasteiger partial charge is 0.193 e. The molecule has 0 amide bonds. The Balaban J connectivity index is 0.000000159. The summed E-state index contributed by atoms with van der Waals surface area (Å²) in [6.45, 7) is 0. The predicted molar refractivity (Wildman–Crippen MR) is 254 cm³/mol. The average Bonchev–Trinajstić information content (AvgIpc) is 3.24. The molecule has 8 rings (SSSR count). The Labute approximate surface area is 375 Å². The van der Waals surface area contributed by atoms with Crippen molar-refractivity contribution in [2.24, 2.45) is 0 Å². The fourth-order valence-corrected chi connectivity index (χ4v) is 7.95. The summed E-state index contributed by atoms with van der Waals surface area (Å²) in [5.74, 6) is 0.0219. The average molecular weight is 1060 g/mol. The van der Waals surface area contributed by atoms with Gasteiger partial charge in [-0.15, -0.1) is 0 Å². The van der Waals surface area contributed by atoms with E-state index in [2.05, 4.69) is 122 Å². The molecule has 0 aliphatic carbocycles. The summed E-state index contributed by atoms with van der Waals surface area (Å²) in [4.78, 5) is 13.1. The fraction of sp³-hybridized carbons (Fsp3) is 0. The molecular formula is C50H32Br5NO. The number of nitrogens with zero attached hydrogens (tertiary/aromatic N) is 1. The molecule has 0 heterocycles. The van der Waals surface area contributed by atoms with Gasteiger partial charge < -0.3 is 0 Å². The Morgan fingerprint density at radius 3 is 0.860 bits per heavy atom. The summed E-state index contributed by atoms with van der Waals surface area (Å²) in [5.41, 5.74) is 10.9. The lowest BCUT2D eigenvalue weighted by atomic mass is 9.96. The highest BCUT2D eigenvalue weighted by molar-refractivity contribution is 9.11. The van der Waals surface area contributed by atoms with Crippen molar-refractivity contribution in [3.63, 3.8) is 0 Å². The molecule has 0 saturated carbocycles. The van der Waals surface area contributed by atoms with E-state index in [0.29, 0.717) is 16.7 Å². The number of hydrogen-bond donors (Lipinski definition) is 0. The molecule has 0 unspecified atom stereocenters. The lowest BCUT2D eigenvalue weighted by Crippen LogP contribution is -2.01. The zero-order chi connectivity index (χ0) is 40.1. The Morgan fingerprint density at radius 1 is 0.333 bits per heavy atom. The molecule has 0 fully saturated rings. The van der Waals surface area contributed by atoms with Crippen LogP contribution < -0.4 is 0 Å². The molecule has 8 aromatic carbocycles. The second-order valence-electron chi connectivity index (χ2n) is 12.7. The molecule has 0 aliphatic rings. The number of rotatable bonds is 6. The molecule has 0 aliphatic heterocycles. The first kappa shape index (κ1) is 41.9. The van der Waals surface area contributed by atoms with Crippen LogP contribution in [-0.4, -0.2) is 5.78 Å². The van der Waals surface area contributed by atoms with E-state index in [0.717, 1.165) is 55.7 Å². The standard InChI is InChI=1S/C25H16Br2O.C13H8BrN.C12H8Br2/c26-23-11-3-7-19(15-23)17-5-1-9-21(13-17)25(28)22-10-2-6-18(14-22)20-8-4-12-24(27)16-20;14-13-6-2-5-12(8-13)11-4-1-3-10(7-11)9-15;13-11-5-1-3-9(7-11)10-4-2-6-12(14)8-10/h1-16H;1-8H;1-8H. The van der Waals surface area contributed by atoms with Crippen LogP contribution in [0.1, 0.15) is 21.5 Å². The van der Waals surface area contributed by atoms with Gasteiger partial charge >= 0.3 is 0 Å². The first-order valence-corrected chi connectivity index (χ1v) is 21.7. The largest absolute Gasteiger partial charge is 0.289 e. The van der Waals surface area contributed by atoms with Gasteiger partial charge in [-0.05, 0) is 129 Å². The van der Waals surface area contributed by atoms with Gasteiger partial charge in [-0.1, -0.05) is 189 Å². The predicted octanol–water partition coefficient (Wildman–Crippen LogP) is 16.6. The second kappa shape index (κ2) is 20.7. The highest BCUT2D eigenvalue weighted by Crippen LogP contribution is 2.29. The third-order valence-electron chi connectivity index (χ3n) is 8.70. The summed E-state index contributed by atoms with van der Waals surface area (Å²) < 4.78 is 5.29. The summed E-state index contributed by atoms with van der Waals surface area (Å²) in [6, 6.07) is 66.1. The summed E-state index contributed by atoms with van der Waals surface area (Å²) >= 11 is 17.4. The molecule has 0 aromatic heterocycles. The molecule has 0 saturated heterocycles. The minimum absolute atomic E-state index is 0.0219. The maximum absolute atomic E-state index is 13.1. The van der Waals surface area contributed by atoms with Gasteiger partial charge in [0.1, 0.15) is 0 Å². The highest BCUT2D eigenvalue weighted by atomic mass is 79.9. The topological polar surface area (TPSA) is 40.9 Å². The van der Waals surface area contributed by atoms with E-state index in [-0.39, 0.29) is 5.78 Å². The molecule has 0 atom stereocenters. The number of halogens is 5. The summed E-state index contributed by atoms with van der Waals surface area (Å²) in [7, 11) is 0. The van der Waals surface area contributed by atoms with Crippen LogP contribution in [0, 0.1) is 11.3 Å². The monoisotopic (exact) mass is 1060 g/mol. The minimum atomic E-state index is 0.0219. The van der Waals surface area contributed by atoms with E-state index >= 15 is 0 Å². The molecule has 0 bridgehead atoms. The molecule has 7 heteroatoms. The van der Waals surface area contributed by atoms with Crippen LogP contribution in [0.2, 0.25) is 0 Å². The summed E-state index contributed by atoms with van der Waals surface area (Å²) in [6.07, 6.45) is 0. The van der Waals surface area contributed by atoms with Crippen molar-refractivity contribution < 1.29 is 4.79 Å². The van der Waals surface area contributed by atoms with Crippen molar-refractivity contribution in [1.29, 1.82) is 5.26 Å². The van der Waals surface area contributed by atoms with Crippen molar-refractivity contribution in [2.75, 3.05) is 0 Å². The zero-order valence-electron chi connectivity index (χ0n) is 30.2. The van der Waals surface area contributed by atoms with E-state index in [9.17, 15) is 4.79 Å². The number of carbonyl (C=O) groups excluding carboxylic acids is 1. The molecule has 2 nitrogen and oxygen atoms in total. The van der Waals surface area contributed by atoms with Crippen molar-refractivity contribution in [1.82, 2.24) is 0 Å². The molecule has 0 radical (unpaired) electrons. The number of benzene rings is 8. The lowest BCUT2D eigenvalue weighted by Gasteiger charge is -2.08. The summed E-state index contributed by atoms with van der Waals surface area (Å²) in [5, 5.41) is 8.80. The van der Waals surface area contributed by atoms with Crippen LogP contribution in [0.3, 0.4) is 0 Å². The third kappa shape index (κ3) is 12.2. The number of nitriles is 1. The molecule has 8 aromatic rings. The van der Waals surface area contributed by atoms with Crippen LogP contribution in [0.15, 0.2) is 216 Å². The van der Waals surface area contributed by atoms with Gasteiger partial charge in [-0.25, -0.2) is 0 Å². The Kier molecular flexibility index (Phi) is 15.2. The molecule has 0 N–H and O–H groups in total. The van der Waals surface area contributed by atoms with Crippen LogP contribution in [0.4, 0.5) is 0 Å². The number of ketones is 1. The van der Waals surface area contributed by atoms with Crippen LogP contribution in [-0.2, 0) is 0 Å². The van der Waals surface area contributed by atoms with E-state index in [1.807, 2.05) is 158 Å². The maximum Gasteiger partial charge on any atom is 0.193 e. The second-order valence-corrected chi connectivity index (χ2v) is 17.3. The number of hydrogen-bond acceptors (Lipinski definition) is 2. The first-order valence-electron chi connectivity index (χ1n) is 17.7. The van der Waals surface area contributed by atoms with E-state index in [1.165, 1.54) is 11.1 Å². The van der Waals surface area contributed by atoms with E-state index < -0.39 is 0 Å². The Hall–Kier alpha value is -4.68. The Morgan fingerprint density at radius 2 is 0.579 bits per heavy atom. The van der Waals surface area contributed by atoms with Crippen LogP contribution >= 0.6 is 79.6 Å². The maximum atomic E-state index is 13.1.